The van der Waals surface area contributed by atoms with E-state index < -0.39 is 0 Å². The molecule has 61 heavy (non-hydrogen) atoms. The van der Waals surface area contributed by atoms with Crippen molar-refractivity contribution in [2.45, 2.75) is 0 Å². The van der Waals surface area contributed by atoms with Crippen molar-refractivity contribution in [3.63, 3.8) is 0 Å². The topological polar surface area (TPSA) is 114 Å². The summed E-state index contributed by atoms with van der Waals surface area (Å²) in [6, 6.07) is 57.4. The molecule has 12 aromatic rings. The van der Waals surface area contributed by atoms with Crippen molar-refractivity contribution in [2.75, 3.05) is 0 Å². The van der Waals surface area contributed by atoms with E-state index in [4.69, 9.17) is 9.97 Å². The van der Waals surface area contributed by atoms with Crippen molar-refractivity contribution in [2.24, 2.45) is 0 Å². The molecular formula is C52H29N9. The standard InChI is InChI=1S/C52H29N9/c53-26-32-28-57-42(30-55-32)40-25-41(43-31-56-33(27-54)29-58-43)51(60-46-21-9-3-15-36(46)37-16-4-10-22-47(37)60)52(61-48-23-11-5-17-38(48)39-18-6-12-24-49(39)61)50(40)59-44-19-7-1-13-34(44)35-14-2-8-20-45(35)59/h1-25,28-31H. The predicted octanol–water partition coefficient (Wildman–Crippen LogP) is 11.6. The van der Waals surface area contributed by atoms with E-state index in [0.29, 0.717) is 11.4 Å². The Kier molecular flexibility index (Phi) is 7.46. The molecule has 0 atom stereocenters. The van der Waals surface area contributed by atoms with Crippen LogP contribution in [0.5, 0.6) is 0 Å². The van der Waals surface area contributed by atoms with E-state index in [1.807, 2.05) is 0 Å². The summed E-state index contributed by atoms with van der Waals surface area (Å²) >= 11 is 0. The molecule has 0 aliphatic carbocycles. The van der Waals surface area contributed by atoms with Gasteiger partial charge < -0.3 is 13.7 Å². The van der Waals surface area contributed by atoms with Crippen molar-refractivity contribution < 1.29 is 0 Å². The number of nitriles is 2. The van der Waals surface area contributed by atoms with Gasteiger partial charge in [0.1, 0.15) is 12.1 Å². The maximum Gasteiger partial charge on any atom is 0.158 e. The summed E-state index contributed by atoms with van der Waals surface area (Å²) in [5.74, 6) is 0. The van der Waals surface area contributed by atoms with Crippen LogP contribution < -0.4 is 0 Å². The van der Waals surface area contributed by atoms with Gasteiger partial charge in [0.25, 0.3) is 0 Å². The van der Waals surface area contributed by atoms with Crippen molar-refractivity contribution in [3.8, 4) is 51.7 Å². The molecule has 0 saturated carbocycles. The van der Waals surface area contributed by atoms with Crippen LogP contribution in [0.4, 0.5) is 0 Å². The fourth-order valence-corrected chi connectivity index (χ4v) is 9.24. The van der Waals surface area contributed by atoms with Gasteiger partial charge in [-0.3, -0.25) is 9.97 Å². The van der Waals surface area contributed by atoms with E-state index in [0.717, 1.165) is 93.6 Å². The van der Waals surface area contributed by atoms with Gasteiger partial charge in [0.05, 0.1) is 86.3 Å². The van der Waals surface area contributed by atoms with Crippen molar-refractivity contribution in [3.05, 3.63) is 188 Å². The summed E-state index contributed by atoms with van der Waals surface area (Å²) in [5.41, 5.74) is 11.7. The molecule has 0 saturated heterocycles. The van der Waals surface area contributed by atoms with Crippen molar-refractivity contribution in [1.29, 1.82) is 10.5 Å². The lowest BCUT2D eigenvalue weighted by atomic mass is 9.97. The molecule has 0 N–H and O–H groups in total. The number of fused-ring (bicyclic) bond motifs is 9. The first kappa shape index (κ1) is 34.1. The van der Waals surface area contributed by atoms with Crippen LogP contribution >= 0.6 is 0 Å². The fourth-order valence-electron chi connectivity index (χ4n) is 9.24. The Balaban J connectivity index is 1.42. The van der Waals surface area contributed by atoms with E-state index in [1.165, 1.54) is 12.4 Å². The highest BCUT2D eigenvalue weighted by Gasteiger charge is 2.31. The number of aromatic nitrogens is 7. The molecule has 0 radical (unpaired) electrons. The van der Waals surface area contributed by atoms with Crippen LogP contribution in [0.2, 0.25) is 0 Å². The monoisotopic (exact) mass is 779 g/mol. The van der Waals surface area contributed by atoms with Crippen LogP contribution in [0, 0.1) is 22.7 Å². The second kappa shape index (κ2) is 13.3. The largest absolute Gasteiger partial charge is 0.306 e. The molecule has 0 spiro atoms. The molecule has 9 heteroatoms. The van der Waals surface area contributed by atoms with Gasteiger partial charge in [-0.15, -0.1) is 0 Å². The molecule has 0 aliphatic rings. The van der Waals surface area contributed by atoms with E-state index >= 15 is 0 Å². The van der Waals surface area contributed by atoms with E-state index in [2.05, 4.69) is 187 Å². The second-order valence-corrected chi connectivity index (χ2v) is 14.9. The molecule has 12 rings (SSSR count). The molecule has 5 aromatic heterocycles. The second-order valence-electron chi connectivity index (χ2n) is 14.9. The van der Waals surface area contributed by atoms with Crippen LogP contribution in [0.25, 0.3) is 105 Å². The number of para-hydroxylation sites is 6. The first-order valence-electron chi connectivity index (χ1n) is 19.8. The first-order chi connectivity index (χ1) is 30.2. The number of benzene rings is 7. The lowest BCUT2D eigenvalue weighted by Crippen LogP contribution is -2.13. The van der Waals surface area contributed by atoms with Crippen LogP contribution in [0.1, 0.15) is 11.4 Å². The minimum atomic E-state index is 0.213. The van der Waals surface area contributed by atoms with Gasteiger partial charge in [0, 0.05) is 43.4 Å². The maximum absolute atomic E-state index is 9.86. The average Bonchev–Trinajstić information content (AvgIpc) is 3.97. The summed E-state index contributed by atoms with van der Waals surface area (Å²) in [5, 5.41) is 26.3. The van der Waals surface area contributed by atoms with Gasteiger partial charge in [0.2, 0.25) is 0 Å². The third kappa shape index (κ3) is 4.99. The average molecular weight is 780 g/mol. The van der Waals surface area contributed by atoms with Crippen molar-refractivity contribution in [1.82, 2.24) is 33.6 Å². The molecule has 0 aliphatic heterocycles. The van der Waals surface area contributed by atoms with Gasteiger partial charge in [-0.05, 0) is 42.5 Å². The Hall–Kier alpha value is -8.92. The molecule has 7 aromatic carbocycles. The van der Waals surface area contributed by atoms with E-state index in [1.54, 1.807) is 12.4 Å². The highest BCUT2D eigenvalue weighted by molar-refractivity contribution is 6.15. The van der Waals surface area contributed by atoms with Crippen LogP contribution in [-0.2, 0) is 0 Å². The lowest BCUT2D eigenvalue weighted by molar-refractivity contribution is 1.04. The molecular weight excluding hydrogens is 751 g/mol. The highest BCUT2D eigenvalue weighted by atomic mass is 15.1. The van der Waals surface area contributed by atoms with Gasteiger partial charge in [0.15, 0.2) is 11.4 Å². The molecule has 282 valence electrons. The molecule has 0 unspecified atom stereocenters. The van der Waals surface area contributed by atoms with Crippen LogP contribution in [0.3, 0.4) is 0 Å². The highest BCUT2D eigenvalue weighted by Crippen LogP contribution is 2.49. The number of rotatable bonds is 5. The molecule has 0 bridgehead atoms. The summed E-state index contributed by atoms with van der Waals surface area (Å²) in [4.78, 5) is 19.1. The molecule has 5 heterocycles. The Labute approximate surface area is 347 Å². The lowest BCUT2D eigenvalue weighted by Gasteiger charge is -2.27. The predicted molar refractivity (Wildman–Crippen MR) is 241 cm³/mol. The third-order valence-corrected chi connectivity index (χ3v) is 11.7. The SMILES string of the molecule is N#Cc1cnc(-c2cc(-c3cnc(C#N)cn3)c(-n3c4ccccc4c4ccccc43)c(-n3c4ccccc4c4ccccc43)c2-n2c3ccccc3c3ccccc32)cn1. The minimum Gasteiger partial charge on any atom is -0.306 e. The number of hydrogen-bond acceptors (Lipinski definition) is 6. The molecule has 9 nitrogen and oxygen atoms in total. The molecule has 0 fully saturated rings. The first-order valence-corrected chi connectivity index (χ1v) is 19.8. The van der Waals surface area contributed by atoms with Gasteiger partial charge in [-0.1, -0.05) is 109 Å². The summed E-state index contributed by atoms with van der Waals surface area (Å²) < 4.78 is 7.08. The van der Waals surface area contributed by atoms with E-state index in [9.17, 15) is 10.5 Å². The minimum absolute atomic E-state index is 0.213. The Morgan fingerprint density at radius 3 is 0.869 bits per heavy atom. The Morgan fingerprint density at radius 1 is 0.328 bits per heavy atom. The quantitative estimate of drug-likeness (QED) is 0.172. The van der Waals surface area contributed by atoms with Crippen LogP contribution in [0.15, 0.2) is 176 Å². The third-order valence-electron chi connectivity index (χ3n) is 11.7. The number of hydrogen-bond donors (Lipinski definition) is 0. The van der Waals surface area contributed by atoms with Crippen molar-refractivity contribution >= 4 is 65.4 Å². The fraction of sp³-hybridized carbons (Fsp3) is 0. The smallest absolute Gasteiger partial charge is 0.158 e. The van der Waals surface area contributed by atoms with Gasteiger partial charge in [-0.25, -0.2) is 9.97 Å². The zero-order valence-corrected chi connectivity index (χ0v) is 32.3. The number of nitrogens with zero attached hydrogens (tertiary/aromatic N) is 9. The Morgan fingerprint density at radius 2 is 0.607 bits per heavy atom. The van der Waals surface area contributed by atoms with Gasteiger partial charge >= 0.3 is 0 Å². The zero-order valence-electron chi connectivity index (χ0n) is 32.3. The summed E-state index contributed by atoms with van der Waals surface area (Å²) in [6.07, 6.45) is 6.39. The summed E-state index contributed by atoms with van der Waals surface area (Å²) in [6.45, 7) is 0. The van der Waals surface area contributed by atoms with Gasteiger partial charge in [-0.2, -0.15) is 10.5 Å². The zero-order chi connectivity index (χ0) is 40.6. The van der Waals surface area contributed by atoms with Crippen LogP contribution in [-0.4, -0.2) is 33.6 Å². The molecule has 0 amide bonds. The maximum atomic E-state index is 9.86. The van der Waals surface area contributed by atoms with E-state index in [-0.39, 0.29) is 11.4 Å². The normalized spacial score (nSPS) is 11.6. The Bertz CT molecular complexity index is 3490. The summed E-state index contributed by atoms with van der Waals surface area (Å²) in [7, 11) is 0.